The van der Waals surface area contributed by atoms with E-state index < -0.39 is 0 Å². The van der Waals surface area contributed by atoms with Crippen molar-refractivity contribution in [3.63, 3.8) is 0 Å². The molecule has 0 saturated carbocycles. The summed E-state index contributed by atoms with van der Waals surface area (Å²) in [6.07, 6.45) is 1.40. The van der Waals surface area contributed by atoms with E-state index in [1.165, 1.54) is 11.3 Å². The number of thiophene rings is 1. The van der Waals surface area contributed by atoms with Crippen molar-refractivity contribution in [1.82, 2.24) is 4.90 Å². The number of hydrogen-bond donors (Lipinski definition) is 1. The maximum Gasteiger partial charge on any atom is 0.265 e. The van der Waals surface area contributed by atoms with Gasteiger partial charge in [0.05, 0.1) is 6.61 Å². The maximum atomic E-state index is 12.3. The summed E-state index contributed by atoms with van der Waals surface area (Å²) in [5.41, 5.74) is 0.771. The van der Waals surface area contributed by atoms with Crippen molar-refractivity contribution in [3.05, 3.63) is 21.9 Å². The molecule has 4 heteroatoms. The van der Waals surface area contributed by atoms with Crippen LogP contribution in [0.3, 0.4) is 0 Å². The largest absolute Gasteiger partial charge is 0.395 e. The van der Waals surface area contributed by atoms with Gasteiger partial charge in [-0.2, -0.15) is 0 Å². The highest BCUT2D eigenvalue weighted by Crippen LogP contribution is 2.18. The summed E-state index contributed by atoms with van der Waals surface area (Å²) in [7, 11) is 0. The van der Waals surface area contributed by atoms with Crippen LogP contribution in [-0.4, -0.2) is 35.6 Å². The molecule has 0 bridgehead atoms. The van der Waals surface area contributed by atoms with Crippen LogP contribution in [0.4, 0.5) is 0 Å². The van der Waals surface area contributed by atoms with E-state index in [0.29, 0.717) is 17.8 Å². The molecule has 0 radical (unpaired) electrons. The topological polar surface area (TPSA) is 40.5 Å². The number of carbonyl (C=O) groups excluding carboxylic acids is 1. The van der Waals surface area contributed by atoms with Gasteiger partial charge in [-0.25, -0.2) is 0 Å². The fraction of sp³-hybridized carbons (Fsp3) is 0.500. The van der Waals surface area contributed by atoms with Gasteiger partial charge >= 0.3 is 0 Å². The first kappa shape index (κ1) is 14.7. The molecule has 1 aromatic rings. The molecule has 0 aliphatic rings. The van der Waals surface area contributed by atoms with E-state index in [-0.39, 0.29) is 12.5 Å². The predicted molar refractivity (Wildman–Crippen MR) is 74.8 cm³/mol. The third-order valence-corrected chi connectivity index (χ3v) is 3.38. The average Bonchev–Trinajstić information content (AvgIpc) is 2.84. The molecule has 0 aromatic carbocycles. The first-order valence-electron chi connectivity index (χ1n) is 6.21. The number of aliphatic hydroxyl groups excluding tert-OH is 1. The standard InChI is InChI=1S/C14H19NO2S/c1-3-9-15(4-2)14(17)13-12(8-11-18-13)7-5-6-10-16/h8,11,16H,3-4,6,9-10H2,1-2H3. The van der Waals surface area contributed by atoms with E-state index in [2.05, 4.69) is 18.8 Å². The molecule has 0 aliphatic carbocycles. The molecule has 0 aliphatic heterocycles. The predicted octanol–water partition coefficient (Wildman–Crippen LogP) is 2.35. The van der Waals surface area contributed by atoms with Crippen LogP contribution in [0.2, 0.25) is 0 Å². The van der Waals surface area contributed by atoms with Crippen LogP contribution in [0.5, 0.6) is 0 Å². The maximum absolute atomic E-state index is 12.3. The Hall–Kier alpha value is -1.31. The summed E-state index contributed by atoms with van der Waals surface area (Å²) in [5, 5.41) is 10.6. The second kappa shape index (κ2) is 7.91. The summed E-state index contributed by atoms with van der Waals surface area (Å²) in [6, 6.07) is 1.86. The third-order valence-electron chi connectivity index (χ3n) is 2.48. The molecule has 18 heavy (non-hydrogen) atoms. The normalized spacial score (nSPS) is 9.72. The minimum absolute atomic E-state index is 0.0529. The van der Waals surface area contributed by atoms with Crippen LogP contribution in [0.15, 0.2) is 11.4 Å². The lowest BCUT2D eigenvalue weighted by Gasteiger charge is -2.19. The van der Waals surface area contributed by atoms with Crippen LogP contribution in [0.1, 0.15) is 41.9 Å². The molecule has 0 unspecified atom stereocenters. The number of hydrogen-bond acceptors (Lipinski definition) is 3. The lowest BCUT2D eigenvalue weighted by molar-refractivity contribution is 0.0769. The molecule has 1 N–H and O–H groups in total. The highest BCUT2D eigenvalue weighted by Gasteiger charge is 2.17. The number of aliphatic hydroxyl groups is 1. The van der Waals surface area contributed by atoms with Crippen molar-refractivity contribution in [3.8, 4) is 11.8 Å². The number of nitrogens with zero attached hydrogens (tertiary/aromatic N) is 1. The Morgan fingerprint density at radius 2 is 2.28 bits per heavy atom. The first-order valence-corrected chi connectivity index (χ1v) is 7.09. The quantitative estimate of drug-likeness (QED) is 0.830. The van der Waals surface area contributed by atoms with Crippen molar-refractivity contribution < 1.29 is 9.90 Å². The van der Waals surface area contributed by atoms with Gasteiger partial charge in [0.25, 0.3) is 5.91 Å². The van der Waals surface area contributed by atoms with Gasteiger partial charge < -0.3 is 10.0 Å². The molecule has 1 aromatic heterocycles. The van der Waals surface area contributed by atoms with Crippen LogP contribution in [0, 0.1) is 11.8 Å². The number of amides is 1. The van der Waals surface area contributed by atoms with Gasteiger partial charge in [-0.1, -0.05) is 18.8 Å². The van der Waals surface area contributed by atoms with E-state index in [0.717, 1.165) is 18.5 Å². The Morgan fingerprint density at radius 1 is 1.50 bits per heavy atom. The molecule has 1 rings (SSSR count). The molecule has 1 heterocycles. The lowest BCUT2D eigenvalue weighted by Crippen LogP contribution is -2.31. The minimum Gasteiger partial charge on any atom is -0.395 e. The van der Waals surface area contributed by atoms with Crippen LogP contribution in [-0.2, 0) is 0 Å². The first-order chi connectivity index (χ1) is 8.74. The van der Waals surface area contributed by atoms with E-state index >= 15 is 0 Å². The molecule has 98 valence electrons. The Bertz CT molecular complexity index is 442. The number of carbonyl (C=O) groups is 1. The second-order valence-corrected chi connectivity index (χ2v) is 4.74. The fourth-order valence-corrected chi connectivity index (χ4v) is 2.42. The van der Waals surface area contributed by atoms with Crippen molar-refractivity contribution in [1.29, 1.82) is 0 Å². The molecule has 0 saturated heterocycles. The van der Waals surface area contributed by atoms with Crippen LogP contribution >= 0.6 is 11.3 Å². The third kappa shape index (κ3) is 3.86. The van der Waals surface area contributed by atoms with E-state index in [9.17, 15) is 4.79 Å². The Balaban J connectivity index is 2.86. The number of rotatable bonds is 5. The molecule has 0 fully saturated rings. The van der Waals surface area contributed by atoms with Gasteiger partial charge in [-0.05, 0) is 24.8 Å². The summed E-state index contributed by atoms with van der Waals surface area (Å²) < 4.78 is 0. The van der Waals surface area contributed by atoms with Crippen LogP contribution in [0.25, 0.3) is 0 Å². The molecular formula is C14H19NO2S. The Kier molecular flexibility index (Phi) is 6.48. The molecule has 0 spiro atoms. The van der Waals surface area contributed by atoms with Gasteiger partial charge in [-0.15, -0.1) is 11.3 Å². The Morgan fingerprint density at radius 3 is 2.89 bits per heavy atom. The molecular weight excluding hydrogens is 246 g/mol. The highest BCUT2D eigenvalue weighted by atomic mass is 32.1. The van der Waals surface area contributed by atoms with Gasteiger partial charge in [-0.3, -0.25) is 4.79 Å². The van der Waals surface area contributed by atoms with Gasteiger partial charge in [0.1, 0.15) is 4.88 Å². The molecule has 1 amide bonds. The zero-order chi connectivity index (χ0) is 13.4. The van der Waals surface area contributed by atoms with Gasteiger partial charge in [0.15, 0.2) is 0 Å². The van der Waals surface area contributed by atoms with Gasteiger partial charge in [0.2, 0.25) is 0 Å². The summed E-state index contributed by atoms with van der Waals surface area (Å²) >= 11 is 1.43. The highest BCUT2D eigenvalue weighted by molar-refractivity contribution is 7.12. The van der Waals surface area contributed by atoms with Crippen LogP contribution < -0.4 is 0 Å². The van der Waals surface area contributed by atoms with E-state index in [4.69, 9.17) is 5.11 Å². The monoisotopic (exact) mass is 265 g/mol. The second-order valence-electron chi connectivity index (χ2n) is 3.82. The summed E-state index contributed by atoms with van der Waals surface area (Å²) in [6.45, 7) is 5.59. The minimum atomic E-state index is 0.0529. The van der Waals surface area contributed by atoms with Crippen molar-refractivity contribution in [2.24, 2.45) is 0 Å². The average molecular weight is 265 g/mol. The van der Waals surface area contributed by atoms with Crippen molar-refractivity contribution in [2.45, 2.75) is 26.7 Å². The van der Waals surface area contributed by atoms with E-state index in [1.54, 1.807) is 0 Å². The SMILES string of the molecule is CCCN(CC)C(=O)c1sccc1C#CCCO. The summed E-state index contributed by atoms with van der Waals surface area (Å²) in [5.74, 6) is 5.86. The fourth-order valence-electron chi connectivity index (χ4n) is 1.60. The molecule has 3 nitrogen and oxygen atoms in total. The summed E-state index contributed by atoms with van der Waals surface area (Å²) in [4.78, 5) is 14.8. The molecule has 0 atom stereocenters. The zero-order valence-electron chi connectivity index (χ0n) is 10.9. The smallest absolute Gasteiger partial charge is 0.265 e. The van der Waals surface area contributed by atoms with Crippen molar-refractivity contribution in [2.75, 3.05) is 19.7 Å². The van der Waals surface area contributed by atoms with E-state index in [1.807, 2.05) is 23.3 Å². The van der Waals surface area contributed by atoms with Crippen molar-refractivity contribution >= 4 is 17.2 Å². The zero-order valence-corrected chi connectivity index (χ0v) is 11.7. The Labute approximate surface area is 112 Å². The lowest BCUT2D eigenvalue weighted by atomic mass is 10.2. The van der Waals surface area contributed by atoms with Gasteiger partial charge in [0, 0.05) is 25.1 Å².